The van der Waals surface area contributed by atoms with Crippen LogP contribution in [-0.4, -0.2) is 29.1 Å². The smallest absolute Gasteiger partial charge is 0.0947 e. The Morgan fingerprint density at radius 1 is 1.18 bits per heavy atom. The van der Waals surface area contributed by atoms with Gasteiger partial charge in [-0.15, -0.1) is 0 Å². The summed E-state index contributed by atoms with van der Waals surface area (Å²) in [5.74, 6) is 0. The molecule has 2 unspecified atom stereocenters. The van der Waals surface area contributed by atoms with Crippen molar-refractivity contribution in [2.24, 2.45) is 0 Å². The van der Waals surface area contributed by atoms with Crippen LogP contribution in [0.25, 0.3) is 0 Å². The third-order valence-corrected chi connectivity index (χ3v) is 4.62. The Balaban J connectivity index is 1.81. The number of aryl methyl sites for hydroxylation is 1. The van der Waals surface area contributed by atoms with Gasteiger partial charge in [0.15, 0.2) is 0 Å². The second-order valence-corrected chi connectivity index (χ2v) is 5.50. The van der Waals surface area contributed by atoms with Gasteiger partial charge >= 0.3 is 0 Å². The molecule has 1 N–H and O–H groups in total. The quantitative estimate of drug-likeness (QED) is 0.845. The van der Waals surface area contributed by atoms with E-state index in [9.17, 15) is 5.11 Å². The van der Waals surface area contributed by atoms with Crippen LogP contribution < -0.4 is 0 Å². The van der Waals surface area contributed by atoms with Crippen molar-refractivity contribution in [3.8, 4) is 0 Å². The molecule has 2 aliphatic carbocycles. The normalized spacial score (nSPS) is 28.9. The van der Waals surface area contributed by atoms with Crippen molar-refractivity contribution in [1.29, 1.82) is 0 Å². The van der Waals surface area contributed by atoms with Crippen molar-refractivity contribution < 1.29 is 5.11 Å². The standard InChI is InChI=1S/C15H21NO/c1-16(12-6-4-7-12)14-10-9-11-5-2-3-8-13(11)15(14)17/h2-3,5,8,12,14-15,17H,4,6-7,9-10H2,1H3. The maximum absolute atomic E-state index is 10.5. The zero-order chi connectivity index (χ0) is 11.8. The van der Waals surface area contributed by atoms with Gasteiger partial charge in [-0.25, -0.2) is 0 Å². The van der Waals surface area contributed by atoms with Gasteiger partial charge in [0.25, 0.3) is 0 Å². The second-order valence-electron chi connectivity index (χ2n) is 5.50. The first-order valence-corrected chi connectivity index (χ1v) is 6.75. The molecule has 0 radical (unpaired) electrons. The van der Waals surface area contributed by atoms with Crippen LogP contribution in [0.1, 0.15) is 42.9 Å². The third-order valence-electron chi connectivity index (χ3n) is 4.62. The van der Waals surface area contributed by atoms with Crippen molar-refractivity contribution in [2.45, 2.75) is 50.3 Å². The summed E-state index contributed by atoms with van der Waals surface area (Å²) in [6, 6.07) is 9.36. The Labute approximate surface area is 103 Å². The molecule has 0 aliphatic heterocycles. The molecule has 0 saturated heterocycles. The van der Waals surface area contributed by atoms with Crippen LogP contribution >= 0.6 is 0 Å². The summed E-state index contributed by atoms with van der Waals surface area (Å²) in [7, 11) is 2.19. The van der Waals surface area contributed by atoms with E-state index in [0.717, 1.165) is 18.4 Å². The van der Waals surface area contributed by atoms with Crippen LogP contribution in [0.3, 0.4) is 0 Å². The molecule has 1 aromatic carbocycles. The molecule has 1 aromatic rings. The fourth-order valence-corrected chi connectivity index (χ4v) is 3.21. The highest BCUT2D eigenvalue weighted by Crippen LogP contribution is 2.36. The van der Waals surface area contributed by atoms with Gasteiger partial charge in [0.1, 0.15) is 0 Å². The van der Waals surface area contributed by atoms with Crippen molar-refractivity contribution in [2.75, 3.05) is 7.05 Å². The number of nitrogens with zero attached hydrogens (tertiary/aromatic N) is 1. The predicted molar refractivity (Wildman–Crippen MR) is 68.9 cm³/mol. The van der Waals surface area contributed by atoms with Crippen LogP contribution in [0, 0.1) is 0 Å². The van der Waals surface area contributed by atoms with Crippen molar-refractivity contribution in [1.82, 2.24) is 4.90 Å². The summed E-state index contributed by atoms with van der Waals surface area (Å²) in [6.07, 6.45) is 5.86. The lowest BCUT2D eigenvalue weighted by molar-refractivity contribution is 0.00792. The molecule has 2 aliphatic rings. The van der Waals surface area contributed by atoms with Crippen LogP contribution in [0.15, 0.2) is 24.3 Å². The number of rotatable bonds is 2. The molecular weight excluding hydrogens is 210 g/mol. The molecule has 2 atom stereocenters. The molecule has 1 fully saturated rings. The lowest BCUT2D eigenvalue weighted by Crippen LogP contribution is -2.48. The van der Waals surface area contributed by atoms with Gasteiger partial charge in [0.05, 0.1) is 6.10 Å². The Morgan fingerprint density at radius 3 is 2.65 bits per heavy atom. The molecule has 92 valence electrons. The monoisotopic (exact) mass is 231 g/mol. The van der Waals surface area contributed by atoms with E-state index in [1.807, 2.05) is 6.07 Å². The van der Waals surface area contributed by atoms with E-state index in [1.54, 1.807) is 0 Å². The van der Waals surface area contributed by atoms with Crippen molar-refractivity contribution >= 4 is 0 Å². The average Bonchev–Trinajstić information content (AvgIpc) is 2.27. The molecule has 0 amide bonds. The van der Waals surface area contributed by atoms with E-state index < -0.39 is 0 Å². The number of likely N-dealkylation sites (N-methyl/N-ethyl adjacent to an activating group) is 1. The summed E-state index contributed by atoms with van der Waals surface area (Å²) in [6.45, 7) is 0. The molecule has 0 bridgehead atoms. The summed E-state index contributed by atoms with van der Waals surface area (Å²) in [4.78, 5) is 2.42. The van der Waals surface area contributed by atoms with Gasteiger partial charge in [-0.1, -0.05) is 30.7 Å². The SMILES string of the molecule is CN(C1CCC1)C1CCc2ccccc2C1O. The van der Waals surface area contributed by atoms with Gasteiger partial charge in [-0.3, -0.25) is 4.90 Å². The summed E-state index contributed by atoms with van der Waals surface area (Å²) in [5, 5.41) is 10.5. The minimum atomic E-state index is -0.300. The van der Waals surface area contributed by atoms with E-state index in [0.29, 0.717) is 12.1 Å². The van der Waals surface area contributed by atoms with Crippen molar-refractivity contribution in [3.63, 3.8) is 0 Å². The van der Waals surface area contributed by atoms with Crippen LogP contribution in [0.4, 0.5) is 0 Å². The minimum Gasteiger partial charge on any atom is -0.387 e. The lowest BCUT2D eigenvalue weighted by atomic mass is 9.82. The van der Waals surface area contributed by atoms with Crippen LogP contribution in [0.5, 0.6) is 0 Å². The second kappa shape index (κ2) is 4.43. The van der Waals surface area contributed by atoms with Gasteiger partial charge in [-0.05, 0) is 43.9 Å². The summed E-state index contributed by atoms with van der Waals surface area (Å²) in [5.41, 5.74) is 2.48. The molecule has 0 heterocycles. The van der Waals surface area contributed by atoms with Gasteiger partial charge < -0.3 is 5.11 Å². The number of aliphatic hydroxyl groups excluding tert-OH is 1. The maximum Gasteiger partial charge on any atom is 0.0947 e. The average molecular weight is 231 g/mol. The third kappa shape index (κ3) is 1.90. The Morgan fingerprint density at radius 2 is 1.94 bits per heavy atom. The molecular formula is C15H21NO. The lowest BCUT2D eigenvalue weighted by Gasteiger charge is -2.44. The van der Waals surface area contributed by atoms with Crippen molar-refractivity contribution in [3.05, 3.63) is 35.4 Å². The molecule has 2 nitrogen and oxygen atoms in total. The number of benzene rings is 1. The first-order chi connectivity index (χ1) is 8.27. The summed E-state index contributed by atoms with van der Waals surface area (Å²) < 4.78 is 0. The Hall–Kier alpha value is -0.860. The number of fused-ring (bicyclic) bond motifs is 1. The van der Waals surface area contributed by atoms with E-state index in [2.05, 4.69) is 30.1 Å². The van der Waals surface area contributed by atoms with Crippen LogP contribution in [-0.2, 0) is 6.42 Å². The highest BCUT2D eigenvalue weighted by atomic mass is 16.3. The molecule has 0 spiro atoms. The van der Waals surface area contributed by atoms with E-state index in [1.165, 1.54) is 24.8 Å². The molecule has 2 heteroatoms. The Kier molecular flexibility index (Phi) is 2.93. The van der Waals surface area contributed by atoms with Gasteiger partial charge in [-0.2, -0.15) is 0 Å². The van der Waals surface area contributed by atoms with Crippen LogP contribution in [0.2, 0.25) is 0 Å². The fourth-order valence-electron chi connectivity index (χ4n) is 3.21. The minimum absolute atomic E-state index is 0.300. The maximum atomic E-state index is 10.5. The number of aliphatic hydroxyl groups is 1. The fraction of sp³-hybridized carbons (Fsp3) is 0.600. The van der Waals surface area contributed by atoms with E-state index in [-0.39, 0.29) is 6.10 Å². The van der Waals surface area contributed by atoms with E-state index in [4.69, 9.17) is 0 Å². The van der Waals surface area contributed by atoms with Gasteiger partial charge in [0.2, 0.25) is 0 Å². The largest absolute Gasteiger partial charge is 0.387 e. The Bertz CT molecular complexity index is 400. The number of hydrogen-bond donors (Lipinski definition) is 1. The number of hydrogen-bond acceptors (Lipinski definition) is 2. The molecule has 0 aromatic heterocycles. The zero-order valence-electron chi connectivity index (χ0n) is 10.5. The first kappa shape index (κ1) is 11.2. The van der Waals surface area contributed by atoms with E-state index >= 15 is 0 Å². The highest BCUT2D eigenvalue weighted by molar-refractivity contribution is 5.32. The zero-order valence-corrected chi connectivity index (χ0v) is 10.5. The van der Waals surface area contributed by atoms with Gasteiger partial charge in [0, 0.05) is 12.1 Å². The molecule has 3 rings (SSSR count). The molecule has 1 saturated carbocycles. The molecule has 17 heavy (non-hydrogen) atoms. The predicted octanol–water partition coefficient (Wildman–Crippen LogP) is 2.52. The summed E-state index contributed by atoms with van der Waals surface area (Å²) >= 11 is 0. The first-order valence-electron chi connectivity index (χ1n) is 6.75. The topological polar surface area (TPSA) is 23.5 Å². The highest BCUT2D eigenvalue weighted by Gasteiger charge is 2.35.